The van der Waals surface area contributed by atoms with Gasteiger partial charge < -0.3 is 24.4 Å². The minimum absolute atomic E-state index is 0.609. The first-order chi connectivity index (χ1) is 12.3. The summed E-state index contributed by atoms with van der Waals surface area (Å²) in [6.07, 6.45) is 3.75. The number of benzene rings is 1. The van der Waals surface area contributed by atoms with Gasteiger partial charge in [-0.25, -0.2) is 9.59 Å². The second-order valence-corrected chi connectivity index (χ2v) is 4.92. The number of carboxylic acids is 2. The van der Waals surface area contributed by atoms with Crippen LogP contribution in [0.3, 0.4) is 0 Å². The summed E-state index contributed by atoms with van der Waals surface area (Å²) in [6.45, 7) is 9.90. The molecule has 2 N–H and O–H groups in total. The van der Waals surface area contributed by atoms with E-state index in [4.69, 9.17) is 34.0 Å². The number of carbonyl (C=O) groups is 2. The summed E-state index contributed by atoms with van der Waals surface area (Å²) in [4.78, 5) is 20.4. The summed E-state index contributed by atoms with van der Waals surface area (Å²) >= 11 is 0. The van der Waals surface area contributed by atoms with Crippen LogP contribution >= 0.6 is 0 Å². The van der Waals surface area contributed by atoms with Crippen LogP contribution in [-0.2, 0) is 16.1 Å². The number of carboxylic acid groups (broad SMARTS) is 2. The molecule has 0 aromatic heterocycles. The summed E-state index contributed by atoms with van der Waals surface area (Å²) in [7, 11) is 4.83. The number of hydrogen-bond donors (Lipinski definition) is 2. The normalized spacial score (nSPS) is 9.54. The van der Waals surface area contributed by atoms with E-state index in [-0.39, 0.29) is 0 Å². The fourth-order valence-electron chi connectivity index (χ4n) is 2.05. The van der Waals surface area contributed by atoms with Gasteiger partial charge in [0.05, 0.1) is 21.3 Å². The first kappa shape index (κ1) is 23.0. The molecule has 144 valence electrons. The number of methoxy groups -OCH3 is 3. The van der Waals surface area contributed by atoms with Crippen molar-refractivity contribution in [3.8, 4) is 17.2 Å². The Kier molecular flexibility index (Phi) is 10.9. The van der Waals surface area contributed by atoms with E-state index in [2.05, 4.69) is 18.1 Å². The molecule has 0 aliphatic carbocycles. The maximum Gasteiger partial charge on any atom is 0.414 e. The Balaban J connectivity index is 0.000000896. The van der Waals surface area contributed by atoms with Crippen molar-refractivity contribution in [3.05, 3.63) is 43.0 Å². The number of aliphatic carboxylic acids is 2. The molecule has 0 aliphatic rings. The molecule has 0 heterocycles. The topological polar surface area (TPSA) is 106 Å². The number of rotatable bonds is 9. The van der Waals surface area contributed by atoms with Gasteiger partial charge in [0.1, 0.15) is 0 Å². The highest BCUT2D eigenvalue weighted by Gasteiger charge is 2.14. The van der Waals surface area contributed by atoms with Gasteiger partial charge in [0, 0.05) is 19.6 Å². The van der Waals surface area contributed by atoms with Gasteiger partial charge in [-0.05, 0) is 17.7 Å². The third-order valence-electron chi connectivity index (χ3n) is 3.09. The van der Waals surface area contributed by atoms with E-state index < -0.39 is 11.9 Å². The highest BCUT2D eigenvalue weighted by Crippen LogP contribution is 2.38. The Bertz CT molecular complexity index is 581. The third kappa shape index (κ3) is 7.71. The highest BCUT2D eigenvalue weighted by molar-refractivity contribution is 6.27. The average Bonchev–Trinajstić information content (AvgIpc) is 2.61. The zero-order valence-electron chi connectivity index (χ0n) is 15.2. The van der Waals surface area contributed by atoms with Crippen molar-refractivity contribution in [2.45, 2.75) is 6.54 Å². The van der Waals surface area contributed by atoms with Crippen LogP contribution in [0.25, 0.3) is 0 Å². The maximum absolute atomic E-state index is 9.10. The molecule has 0 spiro atoms. The molecule has 0 atom stereocenters. The molecule has 1 aromatic carbocycles. The summed E-state index contributed by atoms with van der Waals surface area (Å²) in [5, 5.41) is 14.8. The molecule has 8 nitrogen and oxygen atoms in total. The van der Waals surface area contributed by atoms with Crippen LogP contribution in [0, 0.1) is 0 Å². The van der Waals surface area contributed by atoms with Gasteiger partial charge in [0.25, 0.3) is 0 Å². The summed E-state index contributed by atoms with van der Waals surface area (Å²) in [5.74, 6) is -1.71. The molecule has 0 bridgehead atoms. The van der Waals surface area contributed by atoms with Crippen LogP contribution in [0.1, 0.15) is 5.56 Å². The predicted molar refractivity (Wildman–Crippen MR) is 97.0 cm³/mol. The van der Waals surface area contributed by atoms with Crippen molar-refractivity contribution in [2.75, 3.05) is 34.4 Å². The van der Waals surface area contributed by atoms with Crippen molar-refractivity contribution >= 4 is 11.9 Å². The molecule has 0 saturated heterocycles. The molecule has 0 fully saturated rings. The smallest absolute Gasteiger partial charge is 0.414 e. The fraction of sp³-hybridized carbons (Fsp3) is 0.333. The van der Waals surface area contributed by atoms with Crippen LogP contribution in [0.5, 0.6) is 17.2 Å². The zero-order valence-corrected chi connectivity index (χ0v) is 15.2. The Morgan fingerprint density at radius 3 is 1.65 bits per heavy atom. The molecular weight excluding hydrogens is 342 g/mol. The summed E-state index contributed by atoms with van der Waals surface area (Å²) < 4.78 is 16.0. The lowest BCUT2D eigenvalue weighted by Crippen LogP contribution is -2.23. The number of ether oxygens (including phenoxy) is 3. The van der Waals surface area contributed by atoms with Crippen molar-refractivity contribution in [3.63, 3.8) is 0 Å². The summed E-state index contributed by atoms with van der Waals surface area (Å²) in [5.41, 5.74) is 1.09. The van der Waals surface area contributed by atoms with Gasteiger partial charge in [-0.2, -0.15) is 0 Å². The predicted octanol–water partition coefficient (Wildman–Crippen LogP) is 2.04. The van der Waals surface area contributed by atoms with Gasteiger partial charge in [-0.1, -0.05) is 12.2 Å². The molecule has 8 heteroatoms. The minimum Gasteiger partial charge on any atom is -0.493 e. The molecule has 26 heavy (non-hydrogen) atoms. The number of nitrogens with zero attached hydrogens (tertiary/aromatic N) is 1. The van der Waals surface area contributed by atoms with E-state index in [9.17, 15) is 0 Å². The Hall–Kier alpha value is -3.00. The van der Waals surface area contributed by atoms with Crippen LogP contribution in [0.2, 0.25) is 0 Å². The molecule has 0 saturated carbocycles. The van der Waals surface area contributed by atoms with Gasteiger partial charge in [-0.15, -0.1) is 13.2 Å². The van der Waals surface area contributed by atoms with Crippen LogP contribution < -0.4 is 14.2 Å². The van der Waals surface area contributed by atoms with E-state index in [1.54, 1.807) is 21.3 Å². The lowest BCUT2D eigenvalue weighted by atomic mass is 10.1. The molecule has 1 rings (SSSR count). The fourth-order valence-corrected chi connectivity index (χ4v) is 2.05. The van der Waals surface area contributed by atoms with Gasteiger partial charge in [0.15, 0.2) is 11.5 Å². The molecule has 0 radical (unpaired) electrons. The maximum atomic E-state index is 9.10. The second kappa shape index (κ2) is 12.4. The van der Waals surface area contributed by atoms with E-state index in [1.807, 2.05) is 24.3 Å². The Morgan fingerprint density at radius 1 is 0.962 bits per heavy atom. The standard InChI is InChI=1S/C16H23NO3.C2H2O4/c1-6-8-17(9-7-2)12-13-10-14(18-3)16(20-5)15(11-13)19-4;3-1(4)2(5)6/h6-7,10-11H,1-2,8-9,12H2,3-5H3;(H,3,4)(H,5,6). The van der Waals surface area contributed by atoms with Crippen molar-refractivity contribution < 1.29 is 34.0 Å². The molecule has 0 unspecified atom stereocenters. The van der Waals surface area contributed by atoms with Crippen LogP contribution in [0.15, 0.2) is 37.4 Å². The minimum atomic E-state index is -1.82. The zero-order chi connectivity index (χ0) is 20.1. The highest BCUT2D eigenvalue weighted by atomic mass is 16.5. The molecule has 0 aliphatic heterocycles. The van der Waals surface area contributed by atoms with E-state index in [1.165, 1.54) is 0 Å². The number of hydrogen-bond acceptors (Lipinski definition) is 6. The second-order valence-electron chi connectivity index (χ2n) is 4.92. The first-order valence-electron chi connectivity index (χ1n) is 7.53. The average molecular weight is 367 g/mol. The van der Waals surface area contributed by atoms with Gasteiger partial charge in [-0.3, -0.25) is 4.90 Å². The van der Waals surface area contributed by atoms with E-state index in [0.717, 1.165) is 25.2 Å². The largest absolute Gasteiger partial charge is 0.493 e. The van der Waals surface area contributed by atoms with Gasteiger partial charge in [0.2, 0.25) is 5.75 Å². The van der Waals surface area contributed by atoms with Gasteiger partial charge >= 0.3 is 11.9 Å². The quantitative estimate of drug-likeness (QED) is 0.505. The molecule has 0 amide bonds. The lowest BCUT2D eigenvalue weighted by molar-refractivity contribution is -0.159. The van der Waals surface area contributed by atoms with E-state index in [0.29, 0.717) is 17.2 Å². The van der Waals surface area contributed by atoms with Crippen molar-refractivity contribution in [1.29, 1.82) is 0 Å². The van der Waals surface area contributed by atoms with Crippen molar-refractivity contribution in [1.82, 2.24) is 4.90 Å². The molecular formula is C18H25NO7. The first-order valence-corrected chi connectivity index (χ1v) is 7.53. The SMILES string of the molecule is C=CCN(CC=C)Cc1cc(OC)c(OC)c(OC)c1.O=C(O)C(=O)O. The van der Waals surface area contributed by atoms with Crippen LogP contribution in [0.4, 0.5) is 0 Å². The third-order valence-corrected chi connectivity index (χ3v) is 3.09. The lowest BCUT2D eigenvalue weighted by Gasteiger charge is -2.20. The van der Waals surface area contributed by atoms with Crippen LogP contribution in [-0.4, -0.2) is 61.5 Å². The summed E-state index contributed by atoms with van der Waals surface area (Å²) in [6, 6.07) is 3.92. The monoisotopic (exact) mass is 367 g/mol. The Labute approximate surface area is 152 Å². The Morgan fingerprint density at radius 2 is 1.38 bits per heavy atom. The molecule has 1 aromatic rings. The van der Waals surface area contributed by atoms with E-state index >= 15 is 0 Å². The van der Waals surface area contributed by atoms with Crippen molar-refractivity contribution in [2.24, 2.45) is 0 Å².